The molecule has 0 fully saturated rings. The highest BCUT2D eigenvalue weighted by Gasteiger charge is 2.20. The van der Waals surface area contributed by atoms with E-state index >= 15 is 0 Å². The first-order chi connectivity index (χ1) is 9.79. The van der Waals surface area contributed by atoms with Gasteiger partial charge in [0.2, 0.25) is 0 Å². The Kier molecular flexibility index (Phi) is 3.66. The maximum absolute atomic E-state index is 9.40. The summed E-state index contributed by atoms with van der Waals surface area (Å²) in [7, 11) is 0. The summed E-state index contributed by atoms with van der Waals surface area (Å²) >= 11 is 1.69. The molecule has 3 heteroatoms. The quantitative estimate of drug-likeness (QED) is 0.743. The lowest BCUT2D eigenvalue weighted by Crippen LogP contribution is -1.99. The molecule has 1 aromatic carbocycles. The van der Waals surface area contributed by atoms with Crippen molar-refractivity contribution in [3.05, 3.63) is 51.4 Å². The lowest BCUT2D eigenvalue weighted by Gasteiger charge is -2.09. The van der Waals surface area contributed by atoms with Crippen molar-refractivity contribution in [1.82, 2.24) is 0 Å². The number of fused-ring (bicyclic) bond motifs is 1. The Morgan fingerprint density at radius 2 is 2.05 bits per heavy atom. The van der Waals surface area contributed by atoms with Crippen LogP contribution in [0, 0.1) is 18.3 Å². The van der Waals surface area contributed by atoms with Crippen LogP contribution in [0.3, 0.4) is 0 Å². The Labute approximate surface area is 123 Å². The maximum Gasteiger partial charge on any atom is 0.134 e. The van der Waals surface area contributed by atoms with Gasteiger partial charge in [-0.2, -0.15) is 5.26 Å². The largest absolute Gasteiger partial charge is 0.244 e. The van der Waals surface area contributed by atoms with Gasteiger partial charge in [-0.05, 0) is 49.3 Å². The number of aliphatic imine (C=N–C) groups is 1. The average molecular weight is 280 g/mol. The molecule has 20 heavy (non-hydrogen) atoms. The first-order valence-corrected chi connectivity index (χ1v) is 7.75. The highest BCUT2D eigenvalue weighted by Crippen LogP contribution is 2.39. The van der Waals surface area contributed by atoms with Gasteiger partial charge in [0, 0.05) is 11.1 Å². The number of benzene rings is 1. The molecule has 1 aromatic heterocycles. The van der Waals surface area contributed by atoms with Crippen LogP contribution in [0.4, 0.5) is 5.00 Å². The van der Waals surface area contributed by atoms with E-state index < -0.39 is 0 Å². The minimum atomic E-state index is 0.800. The molecule has 0 spiro atoms. The Morgan fingerprint density at radius 3 is 2.85 bits per heavy atom. The van der Waals surface area contributed by atoms with Gasteiger partial charge in [-0.1, -0.05) is 24.3 Å². The second-order valence-electron chi connectivity index (χ2n) is 5.12. The van der Waals surface area contributed by atoms with Crippen molar-refractivity contribution >= 4 is 22.6 Å². The van der Waals surface area contributed by atoms with E-state index in [9.17, 15) is 5.26 Å². The van der Waals surface area contributed by atoms with Gasteiger partial charge in [0.25, 0.3) is 0 Å². The van der Waals surface area contributed by atoms with Gasteiger partial charge in [0.15, 0.2) is 0 Å². The third-order valence-corrected chi connectivity index (χ3v) is 4.97. The number of rotatable bonds is 2. The van der Waals surface area contributed by atoms with Crippen LogP contribution in [0.1, 0.15) is 40.0 Å². The summed E-state index contributed by atoms with van der Waals surface area (Å²) in [4.78, 5) is 5.95. The van der Waals surface area contributed by atoms with Crippen LogP contribution in [0.2, 0.25) is 0 Å². The number of hydrogen-bond acceptors (Lipinski definition) is 3. The number of nitrogens with zero attached hydrogens (tertiary/aromatic N) is 2. The third kappa shape index (κ3) is 2.39. The lowest BCUT2D eigenvalue weighted by atomic mass is 9.96. The molecule has 100 valence electrons. The van der Waals surface area contributed by atoms with Crippen LogP contribution < -0.4 is 0 Å². The van der Waals surface area contributed by atoms with Crippen molar-refractivity contribution in [3.63, 3.8) is 0 Å². The van der Waals surface area contributed by atoms with E-state index in [2.05, 4.69) is 30.1 Å². The maximum atomic E-state index is 9.40. The molecule has 1 heterocycles. The zero-order chi connectivity index (χ0) is 13.9. The molecule has 0 radical (unpaired) electrons. The van der Waals surface area contributed by atoms with Crippen LogP contribution in [-0.2, 0) is 12.8 Å². The molecule has 0 aliphatic heterocycles. The standard InChI is InChI=1S/C17H16N2S/c1-12-6-2-3-7-13(12)11-19-17-15(10-18)14-8-4-5-9-16(14)20-17/h2-3,6-7,11H,4-5,8-9H2,1H3. The smallest absolute Gasteiger partial charge is 0.134 e. The van der Waals surface area contributed by atoms with Gasteiger partial charge in [-0.15, -0.1) is 11.3 Å². The number of hydrogen-bond donors (Lipinski definition) is 0. The Morgan fingerprint density at radius 1 is 1.25 bits per heavy atom. The summed E-state index contributed by atoms with van der Waals surface area (Å²) in [6.45, 7) is 2.08. The highest BCUT2D eigenvalue weighted by molar-refractivity contribution is 7.16. The fraction of sp³-hybridized carbons (Fsp3) is 0.294. The molecule has 0 atom stereocenters. The van der Waals surface area contributed by atoms with E-state index in [-0.39, 0.29) is 0 Å². The van der Waals surface area contributed by atoms with E-state index in [1.54, 1.807) is 11.3 Å². The van der Waals surface area contributed by atoms with E-state index in [0.717, 1.165) is 29.0 Å². The van der Waals surface area contributed by atoms with Crippen molar-refractivity contribution in [3.8, 4) is 6.07 Å². The van der Waals surface area contributed by atoms with Crippen molar-refractivity contribution < 1.29 is 0 Å². The summed E-state index contributed by atoms with van der Waals surface area (Å²) in [6.07, 6.45) is 6.45. The summed E-state index contributed by atoms with van der Waals surface area (Å²) in [6, 6.07) is 10.5. The van der Waals surface area contributed by atoms with E-state index in [1.807, 2.05) is 18.3 Å². The summed E-state index contributed by atoms with van der Waals surface area (Å²) in [5.41, 5.74) is 4.37. The molecule has 0 N–H and O–H groups in total. The molecule has 0 unspecified atom stereocenters. The number of aryl methyl sites for hydroxylation is 2. The first-order valence-electron chi connectivity index (χ1n) is 6.94. The van der Waals surface area contributed by atoms with Crippen molar-refractivity contribution in [2.75, 3.05) is 0 Å². The lowest BCUT2D eigenvalue weighted by molar-refractivity contribution is 0.696. The topological polar surface area (TPSA) is 36.1 Å². The van der Waals surface area contributed by atoms with Crippen molar-refractivity contribution in [2.24, 2.45) is 4.99 Å². The molecule has 1 aliphatic rings. The van der Waals surface area contributed by atoms with E-state index in [0.29, 0.717) is 0 Å². The molecule has 2 nitrogen and oxygen atoms in total. The molecular weight excluding hydrogens is 264 g/mol. The average Bonchev–Trinajstić information content (AvgIpc) is 2.84. The monoisotopic (exact) mass is 280 g/mol. The van der Waals surface area contributed by atoms with Crippen LogP contribution in [-0.4, -0.2) is 6.21 Å². The third-order valence-electron chi connectivity index (χ3n) is 3.77. The molecular formula is C17H16N2S. The molecule has 1 aliphatic carbocycles. The van der Waals surface area contributed by atoms with Crippen molar-refractivity contribution in [2.45, 2.75) is 32.6 Å². The molecule has 0 amide bonds. The van der Waals surface area contributed by atoms with Gasteiger partial charge in [-0.25, -0.2) is 4.99 Å². The second-order valence-corrected chi connectivity index (χ2v) is 6.20. The number of thiophene rings is 1. The minimum Gasteiger partial charge on any atom is -0.244 e. The van der Waals surface area contributed by atoms with Gasteiger partial charge in [-0.3, -0.25) is 0 Å². The SMILES string of the molecule is Cc1ccccc1C=Nc1sc2c(c1C#N)CCCC2. The fourth-order valence-corrected chi connectivity index (χ4v) is 3.80. The predicted molar refractivity (Wildman–Crippen MR) is 84.1 cm³/mol. The Hall–Kier alpha value is -1.92. The van der Waals surface area contributed by atoms with Crippen LogP contribution >= 0.6 is 11.3 Å². The summed E-state index contributed by atoms with van der Waals surface area (Å²) < 4.78 is 0. The Bertz CT molecular complexity index is 704. The van der Waals surface area contributed by atoms with Gasteiger partial charge in [0.05, 0.1) is 5.56 Å². The van der Waals surface area contributed by atoms with Crippen molar-refractivity contribution in [1.29, 1.82) is 5.26 Å². The Balaban J connectivity index is 1.97. The number of nitriles is 1. The zero-order valence-electron chi connectivity index (χ0n) is 11.5. The minimum absolute atomic E-state index is 0.800. The first kappa shape index (κ1) is 13.1. The summed E-state index contributed by atoms with van der Waals surface area (Å²) in [5.74, 6) is 0. The van der Waals surface area contributed by atoms with E-state index in [1.165, 1.54) is 28.8 Å². The van der Waals surface area contributed by atoms with E-state index in [4.69, 9.17) is 0 Å². The zero-order valence-corrected chi connectivity index (χ0v) is 12.3. The fourth-order valence-electron chi connectivity index (χ4n) is 2.62. The molecule has 0 bridgehead atoms. The normalized spacial score (nSPS) is 14.2. The van der Waals surface area contributed by atoms with Gasteiger partial charge in [0.1, 0.15) is 11.1 Å². The van der Waals surface area contributed by atoms with Gasteiger partial charge >= 0.3 is 0 Å². The van der Waals surface area contributed by atoms with Gasteiger partial charge < -0.3 is 0 Å². The predicted octanol–water partition coefficient (Wildman–Crippen LogP) is 4.56. The second kappa shape index (κ2) is 5.60. The summed E-state index contributed by atoms with van der Waals surface area (Å²) in [5, 5.41) is 10.3. The molecule has 0 saturated heterocycles. The molecule has 0 saturated carbocycles. The van der Waals surface area contributed by atoms with Crippen LogP contribution in [0.5, 0.6) is 0 Å². The molecule has 3 rings (SSSR count). The van der Waals surface area contributed by atoms with Crippen LogP contribution in [0.15, 0.2) is 29.3 Å². The van der Waals surface area contributed by atoms with Crippen LogP contribution in [0.25, 0.3) is 0 Å². The highest BCUT2D eigenvalue weighted by atomic mass is 32.1. The molecule has 2 aromatic rings.